The van der Waals surface area contributed by atoms with E-state index in [9.17, 15) is 8.78 Å². The van der Waals surface area contributed by atoms with Gasteiger partial charge in [-0.1, -0.05) is 23.4 Å². The minimum Gasteiger partial charge on any atom is -0.245 e. The van der Waals surface area contributed by atoms with Crippen LogP contribution in [-0.2, 0) is 6.42 Å². The molecule has 1 heterocycles. The molecule has 0 unspecified atom stereocenters. The van der Waals surface area contributed by atoms with Gasteiger partial charge in [0.05, 0.1) is 4.90 Å². The number of rotatable bonds is 4. The molecule has 2 aromatic carbocycles. The van der Waals surface area contributed by atoms with Crippen LogP contribution in [0.25, 0.3) is 0 Å². The van der Waals surface area contributed by atoms with Crippen LogP contribution in [0.15, 0.2) is 64.9 Å². The minimum absolute atomic E-state index is 0.235. The molecule has 0 fully saturated rings. The lowest BCUT2D eigenvalue weighted by Crippen LogP contribution is -1.97. The monoisotopic (exact) mass is 348 g/mol. The van der Waals surface area contributed by atoms with Gasteiger partial charge in [0, 0.05) is 28.7 Å². The van der Waals surface area contributed by atoms with Crippen LogP contribution in [0.2, 0.25) is 5.02 Å². The van der Waals surface area contributed by atoms with Crippen molar-refractivity contribution in [3.63, 3.8) is 0 Å². The van der Waals surface area contributed by atoms with Gasteiger partial charge in [0.2, 0.25) is 0 Å². The summed E-state index contributed by atoms with van der Waals surface area (Å²) < 4.78 is 28.5. The molecule has 0 bridgehead atoms. The molecule has 0 saturated heterocycles. The van der Waals surface area contributed by atoms with Crippen LogP contribution in [0.5, 0.6) is 0 Å². The molecule has 0 aliphatic heterocycles. The number of benzene rings is 2. The molecular formula is C17H11ClF2N2S. The summed E-state index contributed by atoms with van der Waals surface area (Å²) in [4.78, 5) is 8.79. The molecular weight excluding hydrogens is 338 g/mol. The largest absolute Gasteiger partial charge is 0.245 e. The molecule has 3 aromatic rings. The zero-order valence-corrected chi connectivity index (χ0v) is 13.4. The van der Waals surface area contributed by atoms with E-state index >= 15 is 0 Å². The van der Waals surface area contributed by atoms with E-state index in [-0.39, 0.29) is 16.9 Å². The Bertz CT molecular complexity index is 811. The van der Waals surface area contributed by atoms with Crippen molar-refractivity contribution in [2.75, 3.05) is 0 Å². The fourth-order valence-electron chi connectivity index (χ4n) is 2.09. The van der Waals surface area contributed by atoms with Gasteiger partial charge >= 0.3 is 0 Å². The third-order valence-electron chi connectivity index (χ3n) is 3.13. The first kappa shape index (κ1) is 15.9. The van der Waals surface area contributed by atoms with Crippen molar-refractivity contribution in [1.29, 1.82) is 0 Å². The molecule has 0 amide bonds. The first-order valence-corrected chi connectivity index (χ1v) is 7.96. The number of nitrogens with zero attached hydrogens (tertiary/aromatic N) is 2. The van der Waals surface area contributed by atoms with Crippen molar-refractivity contribution in [1.82, 2.24) is 9.97 Å². The van der Waals surface area contributed by atoms with Gasteiger partial charge < -0.3 is 0 Å². The van der Waals surface area contributed by atoms with E-state index < -0.39 is 11.6 Å². The maximum Gasteiger partial charge on any atom is 0.140 e. The summed E-state index contributed by atoms with van der Waals surface area (Å²) in [7, 11) is 0. The van der Waals surface area contributed by atoms with E-state index in [4.69, 9.17) is 11.6 Å². The molecule has 0 N–H and O–H groups in total. The van der Waals surface area contributed by atoms with Crippen molar-refractivity contribution in [3.8, 4) is 0 Å². The Morgan fingerprint density at radius 3 is 2.39 bits per heavy atom. The average molecular weight is 349 g/mol. The first-order valence-electron chi connectivity index (χ1n) is 6.77. The van der Waals surface area contributed by atoms with E-state index in [1.54, 1.807) is 36.7 Å². The highest BCUT2D eigenvalue weighted by Gasteiger charge is 2.13. The van der Waals surface area contributed by atoms with Gasteiger partial charge in [-0.25, -0.2) is 18.7 Å². The van der Waals surface area contributed by atoms with Crippen LogP contribution in [0.1, 0.15) is 11.1 Å². The lowest BCUT2D eigenvalue weighted by molar-refractivity contribution is 0.564. The van der Waals surface area contributed by atoms with Crippen LogP contribution in [0.3, 0.4) is 0 Å². The van der Waals surface area contributed by atoms with Gasteiger partial charge in [-0.05, 0) is 47.5 Å². The topological polar surface area (TPSA) is 25.8 Å². The van der Waals surface area contributed by atoms with E-state index in [1.807, 2.05) is 0 Å². The predicted octanol–water partition coefficient (Wildman–Crippen LogP) is 5.15. The molecule has 0 aliphatic rings. The Morgan fingerprint density at radius 2 is 1.70 bits per heavy atom. The van der Waals surface area contributed by atoms with Gasteiger partial charge in [-0.3, -0.25) is 0 Å². The SMILES string of the molecule is Fc1cc(Cc2cncnc2)c(F)c(Sc2ccc(Cl)cc2)c1. The summed E-state index contributed by atoms with van der Waals surface area (Å²) in [6, 6.07) is 9.35. The van der Waals surface area contributed by atoms with E-state index in [2.05, 4.69) is 9.97 Å². The van der Waals surface area contributed by atoms with Crippen LogP contribution in [0.4, 0.5) is 8.78 Å². The summed E-state index contributed by atoms with van der Waals surface area (Å²) in [6.07, 6.45) is 4.80. The van der Waals surface area contributed by atoms with Crippen LogP contribution < -0.4 is 0 Å². The Hall–Kier alpha value is -1.98. The van der Waals surface area contributed by atoms with E-state index in [1.165, 1.54) is 18.5 Å². The van der Waals surface area contributed by atoms with Crippen LogP contribution in [-0.4, -0.2) is 9.97 Å². The molecule has 1 aromatic heterocycles. The van der Waals surface area contributed by atoms with Crippen LogP contribution in [0, 0.1) is 11.6 Å². The summed E-state index contributed by atoms with van der Waals surface area (Å²) in [6.45, 7) is 0. The molecule has 0 aliphatic carbocycles. The maximum absolute atomic E-state index is 14.6. The highest BCUT2D eigenvalue weighted by atomic mass is 35.5. The van der Waals surface area contributed by atoms with Crippen molar-refractivity contribution < 1.29 is 8.78 Å². The zero-order valence-electron chi connectivity index (χ0n) is 11.8. The summed E-state index contributed by atoms with van der Waals surface area (Å²) >= 11 is 6.99. The maximum atomic E-state index is 14.6. The molecule has 3 rings (SSSR count). The minimum atomic E-state index is -0.477. The third kappa shape index (κ3) is 4.06. The normalized spacial score (nSPS) is 10.7. The second kappa shape index (κ2) is 7.06. The molecule has 2 nitrogen and oxygen atoms in total. The van der Waals surface area contributed by atoms with Gasteiger partial charge in [-0.2, -0.15) is 0 Å². The number of aromatic nitrogens is 2. The van der Waals surface area contributed by atoms with E-state index in [0.717, 1.165) is 22.2 Å². The summed E-state index contributed by atoms with van der Waals surface area (Å²) in [5.74, 6) is -0.912. The predicted molar refractivity (Wildman–Crippen MR) is 86.8 cm³/mol. The molecule has 116 valence electrons. The van der Waals surface area contributed by atoms with Gasteiger partial charge in [0.15, 0.2) is 0 Å². The lowest BCUT2D eigenvalue weighted by Gasteiger charge is -2.09. The highest BCUT2D eigenvalue weighted by molar-refractivity contribution is 7.99. The third-order valence-corrected chi connectivity index (χ3v) is 4.41. The molecule has 0 spiro atoms. The van der Waals surface area contributed by atoms with Gasteiger partial charge in [0.1, 0.15) is 18.0 Å². The zero-order chi connectivity index (χ0) is 16.2. The fraction of sp³-hybridized carbons (Fsp3) is 0.0588. The first-order chi connectivity index (χ1) is 11.1. The summed E-state index contributed by atoms with van der Waals surface area (Å²) in [5.41, 5.74) is 0.996. The smallest absolute Gasteiger partial charge is 0.140 e. The van der Waals surface area contributed by atoms with Crippen molar-refractivity contribution >= 4 is 23.4 Å². The second-order valence-electron chi connectivity index (χ2n) is 4.86. The number of halogens is 3. The fourth-order valence-corrected chi connectivity index (χ4v) is 3.14. The molecule has 0 radical (unpaired) electrons. The van der Waals surface area contributed by atoms with Crippen molar-refractivity contribution in [3.05, 3.63) is 82.9 Å². The molecule has 0 saturated carbocycles. The Kier molecular flexibility index (Phi) is 4.88. The standard InChI is InChI=1S/C17H11ClF2N2S/c18-13-1-3-15(4-2-13)23-16-7-14(19)6-12(17(16)20)5-11-8-21-10-22-9-11/h1-4,6-10H,5H2. The second-order valence-corrected chi connectivity index (χ2v) is 6.41. The molecule has 0 atom stereocenters. The van der Waals surface area contributed by atoms with Crippen molar-refractivity contribution in [2.45, 2.75) is 16.2 Å². The quantitative estimate of drug-likeness (QED) is 0.652. The van der Waals surface area contributed by atoms with Crippen LogP contribution >= 0.6 is 23.4 Å². The Morgan fingerprint density at radius 1 is 1.00 bits per heavy atom. The van der Waals surface area contributed by atoms with Gasteiger partial charge in [-0.15, -0.1) is 0 Å². The number of hydrogen-bond acceptors (Lipinski definition) is 3. The highest BCUT2D eigenvalue weighted by Crippen LogP contribution is 2.33. The molecule has 6 heteroatoms. The molecule has 23 heavy (non-hydrogen) atoms. The Balaban J connectivity index is 1.90. The van der Waals surface area contributed by atoms with Crippen molar-refractivity contribution in [2.24, 2.45) is 0 Å². The van der Waals surface area contributed by atoms with E-state index in [0.29, 0.717) is 5.02 Å². The summed E-state index contributed by atoms with van der Waals surface area (Å²) in [5, 5.41) is 0.596. The number of hydrogen-bond donors (Lipinski definition) is 0. The average Bonchev–Trinajstić information content (AvgIpc) is 2.55. The van der Waals surface area contributed by atoms with Gasteiger partial charge in [0.25, 0.3) is 0 Å². The lowest BCUT2D eigenvalue weighted by atomic mass is 10.1. The Labute approximate surface area is 141 Å².